The van der Waals surface area contributed by atoms with Crippen molar-refractivity contribution in [1.29, 1.82) is 0 Å². The highest BCUT2D eigenvalue weighted by Gasteiger charge is 2.28. The Bertz CT molecular complexity index is 579. The number of likely N-dealkylation sites (tertiary alicyclic amines) is 1. The molecule has 23 heavy (non-hydrogen) atoms. The van der Waals surface area contributed by atoms with Crippen molar-refractivity contribution in [3.63, 3.8) is 0 Å². The Morgan fingerprint density at radius 3 is 2.65 bits per heavy atom. The molecule has 2 aliphatic rings. The highest BCUT2D eigenvalue weighted by atomic mass is 16.2. The van der Waals surface area contributed by atoms with Gasteiger partial charge in [-0.1, -0.05) is 24.3 Å². The number of benzene rings is 1. The summed E-state index contributed by atoms with van der Waals surface area (Å²) in [5.41, 5.74) is 7.99. The van der Waals surface area contributed by atoms with Crippen molar-refractivity contribution < 1.29 is 14.5 Å². The number of nitrogens with one attached hydrogen (secondary N) is 2. The summed E-state index contributed by atoms with van der Waals surface area (Å²) in [7, 11) is 0. The number of carbonyl (C=O) groups is 2. The van der Waals surface area contributed by atoms with Crippen molar-refractivity contribution >= 4 is 11.8 Å². The summed E-state index contributed by atoms with van der Waals surface area (Å²) in [6, 6.07) is 8.55. The van der Waals surface area contributed by atoms with Crippen LogP contribution in [0.4, 0.5) is 0 Å². The van der Waals surface area contributed by atoms with E-state index in [1.807, 2.05) is 6.07 Å². The van der Waals surface area contributed by atoms with Crippen molar-refractivity contribution in [3.05, 3.63) is 35.4 Å². The van der Waals surface area contributed by atoms with Crippen LogP contribution in [0.25, 0.3) is 0 Å². The summed E-state index contributed by atoms with van der Waals surface area (Å²) >= 11 is 0. The van der Waals surface area contributed by atoms with Crippen LogP contribution in [0.15, 0.2) is 24.3 Å². The topological polar surface area (TPSA) is 76.6 Å². The number of nitrogens with two attached hydrogens (primary N) is 1. The van der Waals surface area contributed by atoms with Crippen molar-refractivity contribution in [2.45, 2.75) is 38.1 Å². The number of hydrogen-bond acceptors (Lipinski definition) is 2. The lowest BCUT2D eigenvalue weighted by Gasteiger charge is -2.29. The molecule has 0 bridgehead atoms. The van der Waals surface area contributed by atoms with E-state index in [0.29, 0.717) is 6.54 Å². The molecule has 1 heterocycles. The van der Waals surface area contributed by atoms with E-state index in [4.69, 9.17) is 5.73 Å². The van der Waals surface area contributed by atoms with Crippen LogP contribution in [-0.2, 0) is 16.0 Å². The number of aryl methyl sites for hydroxylation is 1. The fourth-order valence-corrected chi connectivity index (χ4v) is 3.86. The fourth-order valence-electron chi connectivity index (χ4n) is 3.86. The summed E-state index contributed by atoms with van der Waals surface area (Å²) in [5.74, 6) is -0.0985. The van der Waals surface area contributed by atoms with E-state index in [0.717, 1.165) is 45.2 Å². The van der Waals surface area contributed by atoms with E-state index in [9.17, 15) is 9.59 Å². The third kappa shape index (κ3) is 3.91. The third-order valence-corrected chi connectivity index (χ3v) is 5.21. The Morgan fingerprint density at radius 1 is 1.17 bits per heavy atom. The zero-order chi connectivity index (χ0) is 16.2. The molecule has 1 aromatic carbocycles. The van der Waals surface area contributed by atoms with Gasteiger partial charge in [-0.25, -0.2) is 0 Å². The number of fused-ring (bicyclic) bond motifs is 1. The number of carbonyl (C=O) groups excluding carboxylic acids is 2. The van der Waals surface area contributed by atoms with E-state index < -0.39 is 0 Å². The Hall–Kier alpha value is -1.88. The second kappa shape index (κ2) is 7.13. The smallest absolute Gasteiger partial charge is 0.275 e. The van der Waals surface area contributed by atoms with Crippen LogP contribution in [0.3, 0.4) is 0 Å². The van der Waals surface area contributed by atoms with Crippen LogP contribution < -0.4 is 16.0 Å². The molecule has 1 aliphatic heterocycles. The average molecular weight is 316 g/mol. The number of rotatable bonds is 4. The molecule has 0 aromatic heterocycles. The van der Waals surface area contributed by atoms with Gasteiger partial charge in [0, 0.05) is 18.8 Å². The van der Waals surface area contributed by atoms with Crippen molar-refractivity contribution in [2.24, 2.45) is 11.7 Å². The van der Waals surface area contributed by atoms with Gasteiger partial charge in [0.25, 0.3) is 5.91 Å². The first-order valence-electron chi connectivity index (χ1n) is 8.63. The van der Waals surface area contributed by atoms with Gasteiger partial charge in [0.2, 0.25) is 5.91 Å². The van der Waals surface area contributed by atoms with Gasteiger partial charge in [-0.3, -0.25) is 9.59 Å². The Morgan fingerprint density at radius 2 is 1.91 bits per heavy atom. The molecule has 0 saturated carbocycles. The molecule has 5 nitrogen and oxygen atoms in total. The predicted molar refractivity (Wildman–Crippen MR) is 87.7 cm³/mol. The Labute approximate surface area is 137 Å². The second-order valence-corrected chi connectivity index (χ2v) is 6.81. The lowest BCUT2D eigenvalue weighted by atomic mass is 9.88. The molecule has 5 heteroatoms. The molecule has 1 aromatic rings. The molecule has 1 aliphatic carbocycles. The van der Waals surface area contributed by atoms with Gasteiger partial charge in [-0.05, 0) is 30.4 Å². The van der Waals surface area contributed by atoms with Gasteiger partial charge in [-0.15, -0.1) is 0 Å². The first-order chi connectivity index (χ1) is 11.1. The number of hydrogen-bond donors (Lipinski definition) is 3. The summed E-state index contributed by atoms with van der Waals surface area (Å²) < 4.78 is 0. The van der Waals surface area contributed by atoms with Gasteiger partial charge in [0.1, 0.15) is 0 Å². The first kappa shape index (κ1) is 16.0. The third-order valence-electron chi connectivity index (χ3n) is 5.21. The SMILES string of the molecule is NC(=O)C1CC[NH+](CC(=O)N[C@H]2CCCc3ccccc32)CC1. The normalized spacial score (nSPS) is 27.0. The quantitative estimate of drug-likeness (QED) is 0.729. The second-order valence-electron chi connectivity index (χ2n) is 6.81. The number of amides is 2. The highest BCUT2D eigenvalue weighted by molar-refractivity contribution is 5.78. The lowest BCUT2D eigenvalue weighted by Crippen LogP contribution is -3.14. The summed E-state index contributed by atoms with van der Waals surface area (Å²) in [6.45, 7) is 2.19. The van der Waals surface area contributed by atoms with Crippen molar-refractivity contribution in [2.75, 3.05) is 19.6 Å². The minimum atomic E-state index is -0.202. The molecule has 1 atom stereocenters. The Kier molecular flexibility index (Phi) is 4.96. The number of piperidine rings is 1. The van der Waals surface area contributed by atoms with Gasteiger partial charge < -0.3 is 16.0 Å². The maximum Gasteiger partial charge on any atom is 0.275 e. The summed E-state index contributed by atoms with van der Waals surface area (Å²) in [5, 5.41) is 3.20. The molecule has 0 spiro atoms. The van der Waals surface area contributed by atoms with E-state index >= 15 is 0 Å². The maximum absolute atomic E-state index is 12.4. The number of primary amides is 1. The molecular weight excluding hydrogens is 290 g/mol. The van der Waals surface area contributed by atoms with Crippen LogP contribution in [0.2, 0.25) is 0 Å². The van der Waals surface area contributed by atoms with Crippen molar-refractivity contribution in [3.8, 4) is 0 Å². The highest BCUT2D eigenvalue weighted by Crippen LogP contribution is 2.29. The molecule has 0 unspecified atom stereocenters. The van der Waals surface area contributed by atoms with Gasteiger partial charge in [0.15, 0.2) is 6.54 Å². The molecular formula is C18H26N3O2+. The maximum atomic E-state index is 12.4. The summed E-state index contributed by atoms with van der Waals surface area (Å²) in [6.07, 6.45) is 4.84. The van der Waals surface area contributed by atoms with E-state index in [1.54, 1.807) is 0 Å². The van der Waals surface area contributed by atoms with Gasteiger partial charge >= 0.3 is 0 Å². The number of quaternary nitrogens is 1. The summed E-state index contributed by atoms with van der Waals surface area (Å²) in [4.78, 5) is 24.8. The minimum absolute atomic E-state index is 0.00738. The molecule has 1 saturated heterocycles. The van der Waals surface area contributed by atoms with Crippen LogP contribution in [0.1, 0.15) is 42.9 Å². The molecule has 3 rings (SSSR count). The van der Waals surface area contributed by atoms with E-state index in [1.165, 1.54) is 16.0 Å². The first-order valence-corrected chi connectivity index (χ1v) is 8.63. The molecule has 124 valence electrons. The molecule has 0 radical (unpaired) electrons. The predicted octanol–water partition coefficient (Wildman–Crippen LogP) is -0.0396. The zero-order valence-electron chi connectivity index (χ0n) is 13.5. The minimum Gasteiger partial charge on any atom is -0.369 e. The standard InChI is InChI=1S/C18H25N3O2/c19-18(23)14-8-10-21(11-9-14)12-17(22)20-16-7-3-5-13-4-1-2-6-15(13)16/h1-2,4,6,14,16H,3,5,7-12H2,(H2,19,23)(H,20,22)/p+1/t16-/m0/s1. The fraction of sp³-hybridized carbons (Fsp3) is 0.556. The van der Waals surface area contributed by atoms with E-state index in [-0.39, 0.29) is 23.8 Å². The van der Waals surface area contributed by atoms with Crippen LogP contribution in [-0.4, -0.2) is 31.4 Å². The van der Waals surface area contributed by atoms with Gasteiger partial charge in [-0.2, -0.15) is 0 Å². The van der Waals surface area contributed by atoms with Crippen LogP contribution in [0, 0.1) is 5.92 Å². The van der Waals surface area contributed by atoms with Crippen LogP contribution >= 0.6 is 0 Å². The monoisotopic (exact) mass is 316 g/mol. The molecule has 1 fully saturated rings. The average Bonchev–Trinajstić information content (AvgIpc) is 2.55. The van der Waals surface area contributed by atoms with E-state index in [2.05, 4.69) is 23.5 Å². The molecule has 4 N–H and O–H groups in total. The van der Waals surface area contributed by atoms with Gasteiger partial charge in [0.05, 0.1) is 19.1 Å². The lowest BCUT2D eigenvalue weighted by molar-refractivity contribution is -0.897. The Balaban J connectivity index is 1.52. The largest absolute Gasteiger partial charge is 0.369 e. The molecule has 2 amide bonds. The van der Waals surface area contributed by atoms with Crippen LogP contribution in [0.5, 0.6) is 0 Å². The van der Waals surface area contributed by atoms with Crippen molar-refractivity contribution in [1.82, 2.24) is 5.32 Å². The zero-order valence-corrected chi connectivity index (χ0v) is 13.5.